The first kappa shape index (κ1) is 24.8. The summed E-state index contributed by atoms with van der Waals surface area (Å²) in [4.78, 5) is 0. The minimum atomic E-state index is 0.730. The Balaban J connectivity index is 1.53. The van der Waals surface area contributed by atoms with Crippen molar-refractivity contribution in [3.05, 3.63) is 146 Å². The lowest BCUT2D eigenvalue weighted by Gasteiger charge is -2.21. The van der Waals surface area contributed by atoms with Gasteiger partial charge in [0.05, 0.1) is 0 Å². The lowest BCUT2D eigenvalue weighted by Crippen LogP contribution is -1.99. The molecule has 0 bridgehead atoms. The molecule has 0 heterocycles. The third-order valence-corrected chi connectivity index (χ3v) is 6.92. The van der Waals surface area contributed by atoms with Crippen LogP contribution in [0, 0.1) is 0 Å². The quantitative estimate of drug-likeness (QED) is 0.159. The topological polar surface area (TPSA) is 76.1 Å². The van der Waals surface area contributed by atoms with Crippen LogP contribution in [0.3, 0.4) is 0 Å². The van der Waals surface area contributed by atoms with Gasteiger partial charge >= 0.3 is 0 Å². The molecule has 0 aliphatic rings. The molecule has 0 fully saturated rings. The van der Waals surface area contributed by atoms with Crippen molar-refractivity contribution in [2.45, 2.75) is 0 Å². The van der Waals surface area contributed by atoms with Crippen LogP contribution in [-0.2, 0) is 0 Å². The lowest BCUT2D eigenvalue weighted by atomic mass is 9.86. The third kappa shape index (κ3) is 5.38. The smallest absolute Gasteiger partial charge is 0.0470 e. The van der Waals surface area contributed by atoms with Crippen molar-refractivity contribution in [2.75, 3.05) is 22.1 Å². The second kappa shape index (κ2) is 11.1. The van der Waals surface area contributed by atoms with Crippen LogP contribution in [0.15, 0.2) is 146 Å². The molecule has 6 aromatic carbocycles. The maximum atomic E-state index is 6.10. The number of nitrogen functional groups attached to an aromatic ring is 2. The van der Waals surface area contributed by atoms with Gasteiger partial charge in [0.15, 0.2) is 0 Å². The Labute approximate surface area is 234 Å². The van der Waals surface area contributed by atoms with E-state index < -0.39 is 0 Å². The van der Waals surface area contributed by atoms with Gasteiger partial charge in [-0.05, 0) is 94.5 Å². The second-order valence-corrected chi connectivity index (χ2v) is 9.71. The highest BCUT2D eigenvalue weighted by atomic mass is 14.9. The van der Waals surface area contributed by atoms with E-state index >= 15 is 0 Å². The third-order valence-electron chi connectivity index (χ3n) is 6.92. The van der Waals surface area contributed by atoms with Gasteiger partial charge in [-0.2, -0.15) is 0 Å². The summed E-state index contributed by atoms with van der Waals surface area (Å²) in [7, 11) is 0. The molecule has 0 saturated heterocycles. The number of benzene rings is 6. The molecule has 0 unspecified atom stereocenters. The summed E-state index contributed by atoms with van der Waals surface area (Å²) in [6, 6.07) is 49.5. The number of hydrogen-bond acceptors (Lipinski definition) is 4. The monoisotopic (exact) mass is 518 g/mol. The average molecular weight is 519 g/mol. The molecule has 6 N–H and O–H groups in total. The number of rotatable bonds is 7. The Morgan fingerprint density at radius 3 is 1.35 bits per heavy atom. The summed E-state index contributed by atoms with van der Waals surface area (Å²) < 4.78 is 0. The summed E-state index contributed by atoms with van der Waals surface area (Å²) in [5, 5.41) is 7.13. The fourth-order valence-electron chi connectivity index (χ4n) is 4.94. The van der Waals surface area contributed by atoms with E-state index in [4.69, 9.17) is 11.5 Å². The van der Waals surface area contributed by atoms with Gasteiger partial charge in [-0.15, -0.1) is 0 Å². The van der Waals surface area contributed by atoms with Crippen LogP contribution in [0.25, 0.3) is 33.4 Å². The second-order valence-electron chi connectivity index (χ2n) is 9.71. The van der Waals surface area contributed by atoms with Crippen molar-refractivity contribution in [3.8, 4) is 33.4 Å². The van der Waals surface area contributed by atoms with Crippen molar-refractivity contribution in [3.63, 3.8) is 0 Å². The Hall–Kier alpha value is -5.48. The Bertz CT molecular complexity index is 1710. The lowest BCUT2D eigenvalue weighted by molar-refractivity contribution is 1.50. The predicted octanol–water partition coefficient (Wildman–Crippen LogP) is 9.34. The van der Waals surface area contributed by atoms with Crippen molar-refractivity contribution in [1.82, 2.24) is 0 Å². The van der Waals surface area contributed by atoms with Gasteiger partial charge in [-0.25, -0.2) is 0 Å². The van der Waals surface area contributed by atoms with Crippen LogP contribution in [0.2, 0.25) is 0 Å². The summed E-state index contributed by atoms with van der Waals surface area (Å²) in [5.41, 5.74) is 24.4. The Morgan fingerprint density at radius 1 is 0.350 bits per heavy atom. The molecule has 4 heteroatoms. The summed E-state index contributed by atoms with van der Waals surface area (Å²) in [6.07, 6.45) is 0. The fourth-order valence-corrected chi connectivity index (χ4v) is 4.94. The average Bonchev–Trinajstić information content (AvgIpc) is 2.99. The number of hydrogen-bond donors (Lipinski definition) is 4. The molecule has 0 aliphatic carbocycles. The van der Waals surface area contributed by atoms with E-state index in [1.165, 1.54) is 0 Å². The number of anilines is 6. The van der Waals surface area contributed by atoms with E-state index in [-0.39, 0.29) is 0 Å². The standard InChI is InChI=1S/C36H30N4/c37-28-17-11-26(12-18-28)35-33(25-15-21-32(22-16-25)39-30-7-3-1-4-8-30)23-24-34(40-31-9-5-2-6-10-31)36(35)27-13-19-29(38)20-14-27/h1-24,39-40H,37-38H2. The van der Waals surface area contributed by atoms with E-state index in [1.807, 2.05) is 60.7 Å². The highest BCUT2D eigenvalue weighted by molar-refractivity contribution is 6.01. The highest BCUT2D eigenvalue weighted by Crippen LogP contribution is 2.45. The highest BCUT2D eigenvalue weighted by Gasteiger charge is 2.19. The van der Waals surface area contributed by atoms with Gasteiger partial charge in [0.2, 0.25) is 0 Å². The normalized spacial score (nSPS) is 10.7. The molecule has 0 atom stereocenters. The first-order valence-corrected chi connectivity index (χ1v) is 13.3. The molecule has 0 saturated carbocycles. The summed E-state index contributed by atoms with van der Waals surface area (Å²) >= 11 is 0. The van der Waals surface area contributed by atoms with Crippen LogP contribution >= 0.6 is 0 Å². The maximum Gasteiger partial charge on any atom is 0.0470 e. The minimum Gasteiger partial charge on any atom is -0.399 e. The first-order valence-electron chi connectivity index (χ1n) is 13.3. The van der Waals surface area contributed by atoms with Crippen LogP contribution in [0.1, 0.15) is 0 Å². The van der Waals surface area contributed by atoms with Gasteiger partial charge in [0, 0.05) is 39.7 Å². The molecule has 0 spiro atoms. The molecule has 40 heavy (non-hydrogen) atoms. The van der Waals surface area contributed by atoms with Gasteiger partial charge in [-0.1, -0.05) is 78.9 Å². The van der Waals surface area contributed by atoms with Crippen molar-refractivity contribution in [2.24, 2.45) is 0 Å². The van der Waals surface area contributed by atoms with E-state index in [1.54, 1.807) is 0 Å². The van der Waals surface area contributed by atoms with Crippen molar-refractivity contribution in [1.29, 1.82) is 0 Å². The van der Waals surface area contributed by atoms with Gasteiger partial charge in [0.1, 0.15) is 0 Å². The van der Waals surface area contributed by atoms with E-state index in [0.717, 1.165) is 67.5 Å². The molecule has 0 radical (unpaired) electrons. The molecule has 0 aromatic heterocycles. The number of nitrogens with two attached hydrogens (primary N) is 2. The van der Waals surface area contributed by atoms with E-state index in [9.17, 15) is 0 Å². The van der Waals surface area contributed by atoms with E-state index in [0.29, 0.717) is 0 Å². The van der Waals surface area contributed by atoms with Crippen molar-refractivity contribution >= 4 is 34.1 Å². The molecule has 6 rings (SSSR count). The van der Waals surface area contributed by atoms with Gasteiger partial charge in [-0.3, -0.25) is 0 Å². The summed E-state index contributed by atoms with van der Waals surface area (Å²) in [5.74, 6) is 0. The predicted molar refractivity (Wildman–Crippen MR) is 171 cm³/mol. The van der Waals surface area contributed by atoms with Crippen LogP contribution in [0.5, 0.6) is 0 Å². The molecule has 0 aliphatic heterocycles. The zero-order valence-corrected chi connectivity index (χ0v) is 22.0. The number of nitrogens with one attached hydrogen (secondary N) is 2. The van der Waals surface area contributed by atoms with Crippen LogP contribution in [-0.4, -0.2) is 0 Å². The molecule has 194 valence electrons. The SMILES string of the molecule is Nc1ccc(-c2c(Nc3ccccc3)ccc(-c3ccc(Nc4ccccc4)cc3)c2-c2ccc(N)cc2)cc1. The minimum absolute atomic E-state index is 0.730. The molecular formula is C36H30N4. The Morgan fingerprint density at radius 2 is 0.800 bits per heavy atom. The molecular weight excluding hydrogens is 488 g/mol. The molecule has 4 nitrogen and oxygen atoms in total. The van der Waals surface area contributed by atoms with Crippen LogP contribution < -0.4 is 22.1 Å². The zero-order valence-electron chi connectivity index (χ0n) is 22.0. The molecule has 6 aromatic rings. The first-order chi connectivity index (χ1) is 19.6. The van der Waals surface area contributed by atoms with Gasteiger partial charge in [0.25, 0.3) is 0 Å². The molecule has 0 amide bonds. The zero-order chi connectivity index (χ0) is 27.3. The van der Waals surface area contributed by atoms with E-state index in [2.05, 4.69) is 95.6 Å². The largest absolute Gasteiger partial charge is 0.399 e. The number of para-hydroxylation sites is 2. The van der Waals surface area contributed by atoms with Gasteiger partial charge < -0.3 is 22.1 Å². The van der Waals surface area contributed by atoms with Crippen LogP contribution in [0.4, 0.5) is 34.1 Å². The fraction of sp³-hybridized carbons (Fsp3) is 0. The maximum absolute atomic E-state index is 6.10. The van der Waals surface area contributed by atoms with Crippen molar-refractivity contribution < 1.29 is 0 Å². The summed E-state index contributed by atoms with van der Waals surface area (Å²) in [6.45, 7) is 0. The Kier molecular flexibility index (Phi) is 6.89.